The highest BCUT2D eigenvalue weighted by atomic mass is 16.5. The first-order valence-corrected chi connectivity index (χ1v) is 10.4. The van der Waals surface area contributed by atoms with Gasteiger partial charge in [0.2, 0.25) is 11.8 Å². The Balaban J connectivity index is 1.92. The van der Waals surface area contributed by atoms with Gasteiger partial charge in [0, 0.05) is 18.9 Å². The average molecular weight is 391 g/mol. The van der Waals surface area contributed by atoms with Gasteiger partial charge in [0.1, 0.15) is 0 Å². The van der Waals surface area contributed by atoms with Crippen molar-refractivity contribution in [3.63, 3.8) is 0 Å². The van der Waals surface area contributed by atoms with Gasteiger partial charge in [-0.15, -0.1) is 0 Å². The Morgan fingerprint density at radius 2 is 1.79 bits per heavy atom. The number of hydrogen-bond acceptors (Lipinski definition) is 4. The van der Waals surface area contributed by atoms with Crippen molar-refractivity contribution in [2.24, 2.45) is 11.8 Å². The van der Waals surface area contributed by atoms with E-state index in [1.165, 1.54) is 0 Å². The van der Waals surface area contributed by atoms with Gasteiger partial charge in [-0.3, -0.25) is 9.59 Å². The first kappa shape index (κ1) is 22.1. The number of benzene rings is 1. The minimum atomic E-state index is -0.108. The van der Waals surface area contributed by atoms with Crippen LogP contribution in [0.5, 0.6) is 11.5 Å². The van der Waals surface area contributed by atoms with E-state index in [1.54, 1.807) is 0 Å². The molecule has 28 heavy (non-hydrogen) atoms. The fourth-order valence-electron chi connectivity index (χ4n) is 3.09. The molecule has 2 N–H and O–H groups in total. The molecule has 0 heterocycles. The van der Waals surface area contributed by atoms with E-state index in [0.717, 1.165) is 18.4 Å². The monoisotopic (exact) mass is 390 g/mol. The molecule has 1 aliphatic carbocycles. The molecule has 1 saturated carbocycles. The van der Waals surface area contributed by atoms with Gasteiger partial charge in [-0.25, -0.2) is 0 Å². The summed E-state index contributed by atoms with van der Waals surface area (Å²) in [6.45, 7) is 9.71. The predicted molar refractivity (Wildman–Crippen MR) is 109 cm³/mol. The van der Waals surface area contributed by atoms with E-state index in [-0.39, 0.29) is 29.7 Å². The third-order valence-corrected chi connectivity index (χ3v) is 4.74. The van der Waals surface area contributed by atoms with Crippen molar-refractivity contribution in [2.45, 2.75) is 59.4 Å². The van der Waals surface area contributed by atoms with Gasteiger partial charge in [-0.2, -0.15) is 0 Å². The lowest BCUT2D eigenvalue weighted by Crippen LogP contribution is -2.32. The smallest absolute Gasteiger partial charge is 0.223 e. The summed E-state index contributed by atoms with van der Waals surface area (Å²) in [5.74, 6) is 1.96. The van der Waals surface area contributed by atoms with E-state index in [4.69, 9.17) is 9.47 Å². The van der Waals surface area contributed by atoms with Crippen LogP contribution in [-0.2, 0) is 9.59 Å². The van der Waals surface area contributed by atoms with Gasteiger partial charge in [-0.1, -0.05) is 19.9 Å². The van der Waals surface area contributed by atoms with Crippen LogP contribution in [0.4, 0.5) is 0 Å². The van der Waals surface area contributed by atoms with Gasteiger partial charge in [0.25, 0.3) is 0 Å². The third-order valence-electron chi connectivity index (χ3n) is 4.74. The van der Waals surface area contributed by atoms with Crippen molar-refractivity contribution >= 4 is 11.8 Å². The number of carbonyl (C=O) groups excluding carboxylic acids is 2. The van der Waals surface area contributed by atoms with Crippen LogP contribution in [0, 0.1) is 11.8 Å². The van der Waals surface area contributed by atoms with E-state index >= 15 is 0 Å². The quantitative estimate of drug-likeness (QED) is 0.535. The summed E-state index contributed by atoms with van der Waals surface area (Å²) in [4.78, 5) is 24.0. The second-order valence-corrected chi connectivity index (χ2v) is 7.53. The van der Waals surface area contributed by atoms with Gasteiger partial charge in [0.05, 0.1) is 19.3 Å². The molecule has 2 amide bonds. The first-order chi connectivity index (χ1) is 13.5. The molecule has 1 fully saturated rings. The number of carbonyl (C=O) groups is 2. The fraction of sp³-hybridized carbons (Fsp3) is 0.636. The molecule has 1 atom stereocenters. The maximum absolute atomic E-state index is 12.4. The Hall–Kier alpha value is -2.24. The Bertz CT molecular complexity index is 656. The summed E-state index contributed by atoms with van der Waals surface area (Å²) in [6, 6.07) is 5.73. The molecule has 156 valence electrons. The number of nitrogens with one attached hydrogen (secondary N) is 2. The Morgan fingerprint density at radius 3 is 2.39 bits per heavy atom. The predicted octanol–water partition coefficient (Wildman–Crippen LogP) is 3.60. The SMILES string of the molecule is CCOc1ccc(C(NC(=O)CCCNC(=O)C2CC2)C(C)C)cc1OCC. The molecule has 1 unspecified atom stereocenters. The fourth-order valence-corrected chi connectivity index (χ4v) is 3.09. The largest absolute Gasteiger partial charge is 0.490 e. The normalized spacial score (nSPS) is 14.5. The highest BCUT2D eigenvalue weighted by molar-refractivity contribution is 5.81. The molecule has 0 aliphatic heterocycles. The lowest BCUT2D eigenvalue weighted by Gasteiger charge is -2.24. The highest BCUT2D eigenvalue weighted by Crippen LogP contribution is 2.33. The average Bonchev–Trinajstić information content (AvgIpc) is 3.50. The van der Waals surface area contributed by atoms with Crippen LogP contribution in [0.25, 0.3) is 0 Å². The molecule has 2 rings (SSSR count). The lowest BCUT2D eigenvalue weighted by molar-refractivity contribution is -0.124. The molecule has 1 aliphatic rings. The van der Waals surface area contributed by atoms with E-state index in [9.17, 15) is 9.59 Å². The number of amides is 2. The lowest BCUT2D eigenvalue weighted by atomic mass is 9.95. The maximum Gasteiger partial charge on any atom is 0.223 e. The number of rotatable bonds is 12. The van der Waals surface area contributed by atoms with E-state index in [0.29, 0.717) is 44.1 Å². The summed E-state index contributed by atoms with van der Waals surface area (Å²) in [7, 11) is 0. The molecule has 0 saturated heterocycles. The topological polar surface area (TPSA) is 76.7 Å². The van der Waals surface area contributed by atoms with Crippen molar-refractivity contribution in [3.8, 4) is 11.5 Å². The third kappa shape index (κ3) is 6.73. The second-order valence-electron chi connectivity index (χ2n) is 7.53. The molecule has 1 aromatic rings. The van der Waals surface area contributed by atoms with E-state index in [2.05, 4.69) is 24.5 Å². The summed E-state index contributed by atoms with van der Waals surface area (Å²) in [6.07, 6.45) is 3.02. The Morgan fingerprint density at radius 1 is 1.11 bits per heavy atom. The van der Waals surface area contributed by atoms with Crippen LogP contribution < -0.4 is 20.1 Å². The van der Waals surface area contributed by atoms with Gasteiger partial charge >= 0.3 is 0 Å². The number of hydrogen-bond donors (Lipinski definition) is 2. The van der Waals surface area contributed by atoms with Crippen molar-refractivity contribution < 1.29 is 19.1 Å². The van der Waals surface area contributed by atoms with Gasteiger partial charge in [-0.05, 0) is 56.7 Å². The summed E-state index contributed by atoms with van der Waals surface area (Å²) in [5, 5.41) is 6.03. The molecule has 0 radical (unpaired) electrons. The zero-order valence-electron chi connectivity index (χ0n) is 17.5. The molecule has 0 bridgehead atoms. The molecule has 0 spiro atoms. The van der Waals surface area contributed by atoms with Crippen LogP contribution in [-0.4, -0.2) is 31.6 Å². The molecule has 0 aromatic heterocycles. The van der Waals surface area contributed by atoms with Crippen molar-refractivity contribution in [1.82, 2.24) is 10.6 Å². The van der Waals surface area contributed by atoms with E-state index in [1.807, 2.05) is 32.0 Å². The summed E-state index contributed by atoms with van der Waals surface area (Å²) in [5.41, 5.74) is 0.997. The van der Waals surface area contributed by atoms with Crippen molar-refractivity contribution in [3.05, 3.63) is 23.8 Å². The van der Waals surface area contributed by atoms with Crippen LogP contribution in [0.1, 0.15) is 65.0 Å². The molecular weight excluding hydrogens is 356 g/mol. The van der Waals surface area contributed by atoms with Crippen LogP contribution in [0.3, 0.4) is 0 Å². The van der Waals surface area contributed by atoms with E-state index < -0.39 is 0 Å². The van der Waals surface area contributed by atoms with Crippen LogP contribution in [0.2, 0.25) is 0 Å². The summed E-state index contributed by atoms with van der Waals surface area (Å²) < 4.78 is 11.3. The minimum Gasteiger partial charge on any atom is -0.490 e. The molecule has 6 nitrogen and oxygen atoms in total. The first-order valence-electron chi connectivity index (χ1n) is 10.4. The van der Waals surface area contributed by atoms with Gasteiger partial charge in [0.15, 0.2) is 11.5 Å². The van der Waals surface area contributed by atoms with Crippen LogP contribution >= 0.6 is 0 Å². The molecule has 6 heteroatoms. The standard InChI is InChI=1S/C22H34N2O4/c1-5-27-18-12-11-17(14-19(18)28-6-2)21(15(3)4)24-20(25)8-7-13-23-22(26)16-9-10-16/h11-12,14-16,21H,5-10,13H2,1-4H3,(H,23,26)(H,24,25). The summed E-state index contributed by atoms with van der Waals surface area (Å²) >= 11 is 0. The molecular formula is C22H34N2O4. The van der Waals surface area contributed by atoms with Crippen molar-refractivity contribution in [2.75, 3.05) is 19.8 Å². The van der Waals surface area contributed by atoms with Crippen molar-refractivity contribution in [1.29, 1.82) is 0 Å². The zero-order chi connectivity index (χ0) is 20.5. The Kier molecular flexibility index (Phi) is 8.61. The molecule has 1 aromatic carbocycles. The highest BCUT2D eigenvalue weighted by Gasteiger charge is 2.29. The maximum atomic E-state index is 12.4. The van der Waals surface area contributed by atoms with Gasteiger partial charge < -0.3 is 20.1 Å². The number of ether oxygens (including phenoxy) is 2. The zero-order valence-corrected chi connectivity index (χ0v) is 17.5. The minimum absolute atomic E-state index is 0.00813. The Labute approximate surface area is 168 Å². The van der Waals surface area contributed by atoms with Crippen LogP contribution in [0.15, 0.2) is 18.2 Å². The second kappa shape index (κ2) is 10.9.